The molecule has 0 amide bonds. The van der Waals surface area contributed by atoms with Gasteiger partial charge in [0, 0.05) is 58.8 Å². The summed E-state index contributed by atoms with van der Waals surface area (Å²) in [6.45, 7) is 0. The molecule has 0 aliphatic heterocycles. The predicted molar refractivity (Wildman–Crippen MR) is 217 cm³/mol. The van der Waals surface area contributed by atoms with Crippen LogP contribution in [0.1, 0.15) is 0 Å². The molecule has 0 unspecified atom stereocenters. The van der Waals surface area contributed by atoms with Crippen molar-refractivity contribution in [2.45, 2.75) is 0 Å². The first-order valence-electron chi connectivity index (χ1n) is 17.3. The normalized spacial score (nSPS) is 11.8. The number of para-hydroxylation sites is 1. The van der Waals surface area contributed by atoms with E-state index >= 15 is 0 Å². The van der Waals surface area contributed by atoms with Crippen LogP contribution in [0.2, 0.25) is 0 Å². The molecule has 5 heteroatoms. The highest BCUT2D eigenvalue weighted by Crippen LogP contribution is 2.46. The van der Waals surface area contributed by atoms with E-state index < -0.39 is 0 Å². The average Bonchev–Trinajstić information content (AvgIpc) is 3.79. The number of hydrogen-bond donors (Lipinski definition) is 0. The highest BCUT2D eigenvalue weighted by molar-refractivity contribution is 7.26. The molecule has 0 aliphatic carbocycles. The smallest absolute Gasteiger partial charge is 0.164 e. The van der Waals surface area contributed by atoms with Crippen LogP contribution in [0.5, 0.6) is 0 Å². The van der Waals surface area contributed by atoms with Crippen molar-refractivity contribution in [2.24, 2.45) is 0 Å². The van der Waals surface area contributed by atoms with Gasteiger partial charge in [0.05, 0.1) is 0 Å². The molecule has 0 aliphatic rings. The summed E-state index contributed by atoms with van der Waals surface area (Å²) >= 11 is 1.83. The first kappa shape index (κ1) is 29.1. The van der Waals surface area contributed by atoms with Gasteiger partial charge in [-0.15, -0.1) is 11.3 Å². The molecule has 0 fully saturated rings. The van der Waals surface area contributed by atoms with Gasteiger partial charge in [-0.1, -0.05) is 127 Å². The molecular weight excluding hydrogens is 655 g/mol. The van der Waals surface area contributed by atoms with Crippen LogP contribution in [0.15, 0.2) is 168 Å². The molecule has 0 saturated heterocycles. The minimum absolute atomic E-state index is 0.601. The Morgan fingerprint density at radius 1 is 0.404 bits per heavy atom. The molecule has 0 radical (unpaired) electrons. The highest BCUT2D eigenvalue weighted by atomic mass is 32.1. The number of aromatic nitrogens is 3. The van der Waals surface area contributed by atoms with Crippen molar-refractivity contribution in [1.29, 1.82) is 0 Å². The summed E-state index contributed by atoms with van der Waals surface area (Å²) in [5, 5.41) is 9.16. The van der Waals surface area contributed by atoms with E-state index in [1.165, 1.54) is 30.9 Å². The average molecular weight is 682 g/mol. The Balaban J connectivity index is 1.18. The number of benzene rings is 8. The number of nitrogens with zero attached hydrogens (tertiary/aromatic N) is 3. The van der Waals surface area contributed by atoms with E-state index in [-0.39, 0.29) is 0 Å². The third-order valence-corrected chi connectivity index (χ3v) is 11.3. The first-order valence-corrected chi connectivity index (χ1v) is 18.2. The Kier molecular flexibility index (Phi) is 6.39. The summed E-state index contributed by atoms with van der Waals surface area (Å²) in [7, 11) is 0. The summed E-state index contributed by atoms with van der Waals surface area (Å²) in [4.78, 5) is 15.6. The summed E-state index contributed by atoms with van der Waals surface area (Å²) in [5.74, 6) is 1.85. The standard InChI is InChI=1S/C47H27N3OS/c1-3-12-30-26-32(22-20-28(30)10-1)45-48-46(33-23-21-29-11-2-4-13-31(29)27-33)50-47(49-45)39-25-24-35(43-42(39)38-15-5-7-18-40(38)51-43)37-17-9-16-36-34-14-6-8-19-41(34)52-44(36)37/h1-27H. The largest absolute Gasteiger partial charge is 0.455 e. The predicted octanol–water partition coefficient (Wildman–Crippen LogP) is 13.1. The summed E-state index contributed by atoms with van der Waals surface area (Å²) in [6, 6.07) is 57.3. The number of rotatable bonds is 4. The molecule has 0 bridgehead atoms. The van der Waals surface area contributed by atoms with Crippen LogP contribution in [0.25, 0.3) is 109 Å². The molecular formula is C47H27N3OS. The summed E-state index contributed by atoms with van der Waals surface area (Å²) < 4.78 is 9.30. The topological polar surface area (TPSA) is 51.8 Å². The van der Waals surface area contributed by atoms with Crippen LogP contribution < -0.4 is 0 Å². The lowest BCUT2D eigenvalue weighted by Crippen LogP contribution is -2.00. The quantitative estimate of drug-likeness (QED) is 0.185. The van der Waals surface area contributed by atoms with Gasteiger partial charge >= 0.3 is 0 Å². The second kappa shape index (κ2) is 11.4. The van der Waals surface area contributed by atoms with Gasteiger partial charge < -0.3 is 4.42 Å². The molecule has 0 N–H and O–H groups in total. The molecule has 11 aromatic rings. The maximum absolute atomic E-state index is 6.78. The maximum Gasteiger partial charge on any atom is 0.164 e. The van der Waals surface area contributed by atoms with Gasteiger partial charge in [-0.05, 0) is 57.9 Å². The maximum atomic E-state index is 6.78. The number of furan rings is 1. The SMILES string of the molecule is c1ccc2cc(-c3nc(-c4ccc5ccccc5c4)nc(-c4ccc(-c5cccc6c5sc5ccccc56)c5oc6ccccc6c45)n3)ccc2c1. The Labute approximate surface area is 302 Å². The zero-order chi connectivity index (χ0) is 34.2. The van der Waals surface area contributed by atoms with Gasteiger partial charge in [0.1, 0.15) is 11.2 Å². The van der Waals surface area contributed by atoms with E-state index in [0.717, 1.165) is 60.5 Å². The van der Waals surface area contributed by atoms with Gasteiger partial charge in [0.2, 0.25) is 0 Å². The lowest BCUT2D eigenvalue weighted by atomic mass is 9.97. The van der Waals surface area contributed by atoms with Crippen LogP contribution in [-0.4, -0.2) is 15.0 Å². The molecule has 4 nitrogen and oxygen atoms in total. The number of thiophene rings is 1. The second-order valence-electron chi connectivity index (χ2n) is 13.2. The van der Waals surface area contributed by atoms with Crippen LogP contribution in [0.4, 0.5) is 0 Å². The Bertz CT molecular complexity index is 3110. The van der Waals surface area contributed by atoms with Crippen molar-refractivity contribution in [1.82, 2.24) is 15.0 Å². The third kappa shape index (κ3) is 4.57. The van der Waals surface area contributed by atoms with Crippen molar-refractivity contribution in [3.05, 3.63) is 164 Å². The van der Waals surface area contributed by atoms with E-state index in [2.05, 4.69) is 152 Å². The number of hydrogen-bond acceptors (Lipinski definition) is 5. The Morgan fingerprint density at radius 2 is 0.981 bits per heavy atom. The van der Waals surface area contributed by atoms with Crippen LogP contribution in [0, 0.1) is 0 Å². The fourth-order valence-corrected chi connectivity index (χ4v) is 8.83. The van der Waals surface area contributed by atoms with Gasteiger partial charge in [0.15, 0.2) is 17.5 Å². The van der Waals surface area contributed by atoms with Crippen LogP contribution in [-0.2, 0) is 0 Å². The van der Waals surface area contributed by atoms with E-state index in [1.807, 2.05) is 23.5 Å². The van der Waals surface area contributed by atoms with E-state index in [9.17, 15) is 0 Å². The van der Waals surface area contributed by atoms with Crippen molar-refractivity contribution < 1.29 is 4.42 Å². The summed E-state index contributed by atoms with van der Waals surface area (Å²) in [5.41, 5.74) is 6.62. The lowest BCUT2D eigenvalue weighted by molar-refractivity contribution is 0.670. The third-order valence-electron chi connectivity index (χ3n) is 10.1. The van der Waals surface area contributed by atoms with Crippen molar-refractivity contribution in [3.63, 3.8) is 0 Å². The van der Waals surface area contributed by atoms with Gasteiger partial charge in [-0.2, -0.15) is 0 Å². The van der Waals surface area contributed by atoms with Gasteiger partial charge in [-0.3, -0.25) is 0 Å². The molecule has 242 valence electrons. The van der Waals surface area contributed by atoms with E-state index in [0.29, 0.717) is 17.5 Å². The highest BCUT2D eigenvalue weighted by Gasteiger charge is 2.22. The molecule has 0 saturated carbocycles. The number of fused-ring (bicyclic) bond motifs is 8. The Morgan fingerprint density at radius 3 is 1.71 bits per heavy atom. The monoisotopic (exact) mass is 681 g/mol. The fraction of sp³-hybridized carbons (Fsp3) is 0. The summed E-state index contributed by atoms with van der Waals surface area (Å²) in [6.07, 6.45) is 0. The minimum Gasteiger partial charge on any atom is -0.455 e. The zero-order valence-electron chi connectivity index (χ0n) is 27.7. The molecule has 52 heavy (non-hydrogen) atoms. The molecule has 8 aromatic carbocycles. The van der Waals surface area contributed by atoms with E-state index in [1.54, 1.807) is 0 Å². The van der Waals surface area contributed by atoms with Gasteiger partial charge in [0.25, 0.3) is 0 Å². The molecule has 0 atom stereocenters. The molecule has 0 spiro atoms. The van der Waals surface area contributed by atoms with Crippen LogP contribution >= 0.6 is 11.3 Å². The van der Waals surface area contributed by atoms with E-state index in [4.69, 9.17) is 19.4 Å². The Hall–Kier alpha value is -6.69. The zero-order valence-corrected chi connectivity index (χ0v) is 28.6. The fourth-order valence-electron chi connectivity index (χ4n) is 7.60. The van der Waals surface area contributed by atoms with Crippen molar-refractivity contribution in [3.8, 4) is 45.3 Å². The lowest BCUT2D eigenvalue weighted by Gasteiger charge is -2.12. The minimum atomic E-state index is 0.601. The molecule has 11 rings (SSSR count). The van der Waals surface area contributed by atoms with Gasteiger partial charge in [-0.25, -0.2) is 15.0 Å². The molecule has 3 aromatic heterocycles. The molecule has 3 heterocycles. The van der Waals surface area contributed by atoms with Crippen molar-refractivity contribution in [2.75, 3.05) is 0 Å². The van der Waals surface area contributed by atoms with Crippen molar-refractivity contribution >= 4 is 75.0 Å². The van der Waals surface area contributed by atoms with Crippen LogP contribution in [0.3, 0.4) is 0 Å². The first-order chi connectivity index (χ1) is 25.7. The second-order valence-corrected chi connectivity index (χ2v) is 14.2.